The molecular formula is C22H27N3O4S. The molecule has 0 aromatic carbocycles. The van der Waals surface area contributed by atoms with Gasteiger partial charge < -0.3 is 19.7 Å². The Kier molecular flexibility index (Phi) is 6.65. The molecule has 1 saturated heterocycles. The SMILES string of the molecule is C=C=CC(=O)N(C1CCSCC1)C(C(=O)NCC1CC1)c1ccc2c(n1)OCCO2. The van der Waals surface area contributed by atoms with Crippen molar-refractivity contribution >= 4 is 23.6 Å². The zero-order chi connectivity index (χ0) is 20.9. The fraction of sp³-hybridized carbons (Fsp3) is 0.545. The van der Waals surface area contributed by atoms with Gasteiger partial charge in [0.2, 0.25) is 5.91 Å². The maximum atomic E-state index is 13.4. The monoisotopic (exact) mass is 429 g/mol. The van der Waals surface area contributed by atoms with E-state index in [0.717, 1.165) is 37.2 Å². The first-order valence-electron chi connectivity index (χ1n) is 10.5. The summed E-state index contributed by atoms with van der Waals surface area (Å²) in [6.45, 7) is 5.04. The van der Waals surface area contributed by atoms with Crippen LogP contribution in [0.1, 0.15) is 37.4 Å². The lowest BCUT2D eigenvalue weighted by molar-refractivity contribution is -0.140. The number of nitrogens with one attached hydrogen (secondary N) is 1. The molecule has 2 fully saturated rings. The number of aromatic nitrogens is 1. The third kappa shape index (κ3) is 4.82. The van der Waals surface area contributed by atoms with Gasteiger partial charge in [-0.2, -0.15) is 11.8 Å². The van der Waals surface area contributed by atoms with E-state index in [9.17, 15) is 9.59 Å². The molecule has 30 heavy (non-hydrogen) atoms. The summed E-state index contributed by atoms with van der Waals surface area (Å²) in [5.74, 6) is 2.88. The minimum Gasteiger partial charge on any atom is -0.484 e. The molecule has 1 atom stereocenters. The number of amides is 2. The molecule has 1 aromatic rings. The highest BCUT2D eigenvalue weighted by Crippen LogP contribution is 2.34. The van der Waals surface area contributed by atoms with Crippen LogP contribution in [0.25, 0.3) is 0 Å². The molecule has 0 spiro atoms. The van der Waals surface area contributed by atoms with Gasteiger partial charge in [0.15, 0.2) is 11.8 Å². The Labute approximate surface area is 180 Å². The van der Waals surface area contributed by atoms with Gasteiger partial charge in [-0.15, -0.1) is 5.73 Å². The quantitative estimate of drug-likeness (QED) is 0.530. The van der Waals surface area contributed by atoms with E-state index < -0.39 is 6.04 Å². The van der Waals surface area contributed by atoms with Gasteiger partial charge in [-0.3, -0.25) is 9.59 Å². The Bertz CT molecular complexity index is 845. The summed E-state index contributed by atoms with van der Waals surface area (Å²) in [6, 6.07) is 2.63. The topological polar surface area (TPSA) is 80.8 Å². The molecule has 1 aliphatic carbocycles. The molecule has 3 aliphatic rings. The van der Waals surface area contributed by atoms with Gasteiger partial charge in [-0.05, 0) is 55.2 Å². The molecule has 1 aromatic heterocycles. The average Bonchev–Trinajstić information content (AvgIpc) is 3.61. The van der Waals surface area contributed by atoms with Crippen molar-refractivity contribution in [2.45, 2.75) is 37.8 Å². The first-order valence-corrected chi connectivity index (χ1v) is 11.6. The second kappa shape index (κ2) is 9.58. The second-order valence-corrected chi connectivity index (χ2v) is 8.99. The molecular weight excluding hydrogens is 402 g/mol. The van der Waals surface area contributed by atoms with Crippen LogP contribution in [-0.2, 0) is 9.59 Å². The number of pyridine rings is 1. The molecule has 2 amide bonds. The Balaban J connectivity index is 1.70. The molecule has 1 unspecified atom stereocenters. The van der Waals surface area contributed by atoms with Gasteiger partial charge in [0.25, 0.3) is 11.8 Å². The Morgan fingerprint density at radius 2 is 2.03 bits per heavy atom. The lowest BCUT2D eigenvalue weighted by Gasteiger charge is -2.38. The van der Waals surface area contributed by atoms with Crippen LogP contribution in [0.2, 0.25) is 0 Å². The van der Waals surface area contributed by atoms with Crippen molar-refractivity contribution in [2.75, 3.05) is 31.3 Å². The van der Waals surface area contributed by atoms with Gasteiger partial charge >= 0.3 is 0 Å². The lowest BCUT2D eigenvalue weighted by Crippen LogP contribution is -2.50. The number of thioether (sulfide) groups is 1. The third-order valence-electron chi connectivity index (χ3n) is 5.56. The molecule has 7 nitrogen and oxygen atoms in total. The summed E-state index contributed by atoms with van der Waals surface area (Å²) in [6.07, 6.45) is 5.24. The molecule has 2 aliphatic heterocycles. The Morgan fingerprint density at radius 1 is 1.27 bits per heavy atom. The molecule has 1 N–H and O–H groups in total. The Hall–Kier alpha value is -2.44. The van der Waals surface area contributed by atoms with Crippen molar-refractivity contribution in [3.63, 3.8) is 0 Å². The third-order valence-corrected chi connectivity index (χ3v) is 6.61. The van der Waals surface area contributed by atoms with Crippen molar-refractivity contribution < 1.29 is 19.1 Å². The number of hydrogen-bond donors (Lipinski definition) is 1. The zero-order valence-corrected chi connectivity index (χ0v) is 17.8. The number of carbonyl (C=O) groups is 2. The lowest BCUT2D eigenvalue weighted by atomic mass is 10.0. The highest BCUT2D eigenvalue weighted by atomic mass is 32.2. The minimum absolute atomic E-state index is 0.0463. The van der Waals surface area contributed by atoms with Gasteiger partial charge in [-0.25, -0.2) is 4.98 Å². The highest BCUT2D eigenvalue weighted by Gasteiger charge is 2.38. The van der Waals surface area contributed by atoms with E-state index in [-0.39, 0.29) is 17.9 Å². The summed E-state index contributed by atoms with van der Waals surface area (Å²) < 4.78 is 11.2. The summed E-state index contributed by atoms with van der Waals surface area (Å²) in [5.41, 5.74) is 3.06. The summed E-state index contributed by atoms with van der Waals surface area (Å²) >= 11 is 1.87. The molecule has 8 heteroatoms. The molecule has 1 saturated carbocycles. The fourth-order valence-corrected chi connectivity index (χ4v) is 4.89. The van der Waals surface area contributed by atoms with Crippen LogP contribution in [0.3, 0.4) is 0 Å². The summed E-state index contributed by atoms with van der Waals surface area (Å²) in [4.78, 5) is 32.7. The average molecular weight is 430 g/mol. The number of ether oxygens (including phenoxy) is 2. The van der Waals surface area contributed by atoms with Crippen LogP contribution in [0.4, 0.5) is 0 Å². The fourth-order valence-electron chi connectivity index (χ4n) is 3.81. The van der Waals surface area contributed by atoms with E-state index in [1.807, 2.05) is 11.8 Å². The minimum atomic E-state index is -0.843. The largest absolute Gasteiger partial charge is 0.484 e. The van der Waals surface area contributed by atoms with E-state index in [0.29, 0.717) is 43.0 Å². The number of rotatable bonds is 7. The molecule has 4 rings (SSSR count). The highest BCUT2D eigenvalue weighted by molar-refractivity contribution is 7.99. The van der Waals surface area contributed by atoms with Gasteiger partial charge in [0, 0.05) is 18.7 Å². The zero-order valence-electron chi connectivity index (χ0n) is 17.0. The maximum Gasteiger partial charge on any atom is 0.257 e. The van der Waals surface area contributed by atoms with E-state index in [1.54, 1.807) is 17.0 Å². The predicted molar refractivity (Wildman–Crippen MR) is 115 cm³/mol. The van der Waals surface area contributed by atoms with Gasteiger partial charge in [0.1, 0.15) is 13.2 Å². The van der Waals surface area contributed by atoms with Crippen LogP contribution >= 0.6 is 11.8 Å². The predicted octanol–water partition coefficient (Wildman–Crippen LogP) is 2.49. The van der Waals surface area contributed by atoms with Crippen molar-refractivity contribution in [3.05, 3.63) is 36.2 Å². The van der Waals surface area contributed by atoms with Gasteiger partial charge in [0.05, 0.1) is 5.69 Å². The van der Waals surface area contributed by atoms with Crippen molar-refractivity contribution in [1.82, 2.24) is 15.2 Å². The normalized spacial score (nSPS) is 19.3. The molecule has 3 heterocycles. The van der Waals surface area contributed by atoms with Crippen LogP contribution in [0, 0.1) is 5.92 Å². The summed E-state index contributed by atoms with van der Waals surface area (Å²) in [7, 11) is 0. The van der Waals surface area contributed by atoms with Crippen molar-refractivity contribution in [2.24, 2.45) is 5.92 Å². The van der Waals surface area contributed by atoms with Crippen molar-refractivity contribution in [3.8, 4) is 11.6 Å². The number of hydrogen-bond acceptors (Lipinski definition) is 6. The Morgan fingerprint density at radius 3 is 2.77 bits per heavy atom. The van der Waals surface area contributed by atoms with Crippen LogP contribution < -0.4 is 14.8 Å². The summed E-state index contributed by atoms with van der Waals surface area (Å²) in [5, 5.41) is 3.04. The molecule has 0 radical (unpaired) electrons. The van der Waals surface area contributed by atoms with E-state index in [1.165, 1.54) is 6.08 Å². The van der Waals surface area contributed by atoms with Crippen LogP contribution in [-0.4, -0.2) is 59.0 Å². The van der Waals surface area contributed by atoms with E-state index >= 15 is 0 Å². The molecule has 0 bridgehead atoms. The number of nitrogens with zero attached hydrogens (tertiary/aromatic N) is 2. The number of carbonyl (C=O) groups excluding carboxylic acids is 2. The second-order valence-electron chi connectivity index (χ2n) is 7.76. The van der Waals surface area contributed by atoms with E-state index in [2.05, 4.69) is 22.6 Å². The smallest absolute Gasteiger partial charge is 0.257 e. The van der Waals surface area contributed by atoms with Crippen molar-refractivity contribution in [1.29, 1.82) is 0 Å². The van der Waals surface area contributed by atoms with Crippen LogP contribution in [0.15, 0.2) is 30.5 Å². The molecule has 160 valence electrons. The number of fused-ring (bicyclic) bond motifs is 1. The standard InChI is InChI=1S/C22H27N3O4S/c1-2-3-19(26)25(16-8-12-30-13-9-16)20(21(27)23-14-15-4-5-15)17-6-7-18-22(24-17)29-11-10-28-18/h3,6-7,15-16,20H,1,4-5,8-14H2,(H,23,27). The first-order chi connectivity index (χ1) is 14.7. The maximum absolute atomic E-state index is 13.4. The van der Waals surface area contributed by atoms with E-state index in [4.69, 9.17) is 9.47 Å². The first kappa shape index (κ1) is 20.8. The van der Waals surface area contributed by atoms with Crippen LogP contribution in [0.5, 0.6) is 11.6 Å². The van der Waals surface area contributed by atoms with Gasteiger partial charge in [-0.1, -0.05) is 6.58 Å².